The van der Waals surface area contributed by atoms with Gasteiger partial charge in [-0.2, -0.15) is 0 Å². The van der Waals surface area contributed by atoms with Gasteiger partial charge in [0.05, 0.1) is 12.8 Å². The molecule has 2 aromatic rings. The quantitative estimate of drug-likeness (QED) is 0.751. The normalized spacial score (nSPS) is 17.0. The Morgan fingerprint density at radius 3 is 2.18 bits per heavy atom. The monoisotopic (exact) mass is 383 g/mol. The summed E-state index contributed by atoms with van der Waals surface area (Å²) in [7, 11) is 1.72. The molecule has 0 atom stereocenters. The van der Waals surface area contributed by atoms with Crippen molar-refractivity contribution in [3.63, 3.8) is 0 Å². The van der Waals surface area contributed by atoms with Gasteiger partial charge in [0.2, 0.25) is 0 Å². The van der Waals surface area contributed by atoms with Gasteiger partial charge in [0.25, 0.3) is 0 Å². The van der Waals surface area contributed by atoms with Gasteiger partial charge in [-0.25, -0.2) is 0 Å². The fourth-order valence-electron chi connectivity index (χ4n) is 4.30. The minimum absolute atomic E-state index is 0.234. The standard InChI is InChI=1S/C22H29N3O3/c1-28-20-10-5-4-9-19(20)24-15-13-23(14-16-24)11-6-12-25-21(26)17-7-2-3-8-18(17)22(25)27/h2-5,9-10,26-27H,6-8,11-16H2,1H3. The third-order valence-corrected chi connectivity index (χ3v) is 5.88. The van der Waals surface area contributed by atoms with Crippen molar-refractivity contribution in [2.45, 2.75) is 25.8 Å². The van der Waals surface area contributed by atoms with Gasteiger partial charge >= 0.3 is 0 Å². The molecule has 0 bridgehead atoms. The van der Waals surface area contributed by atoms with Crippen LogP contribution in [0.3, 0.4) is 0 Å². The number of fused-ring (bicyclic) bond motifs is 1. The second kappa shape index (κ2) is 8.19. The summed E-state index contributed by atoms with van der Waals surface area (Å²) in [6.07, 6.45) is 6.40. The van der Waals surface area contributed by atoms with Crippen LogP contribution in [0.4, 0.5) is 5.69 Å². The van der Waals surface area contributed by atoms with Crippen LogP contribution in [-0.2, 0) is 19.4 Å². The first kappa shape index (κ1) is 18.7. The van der Waals surface area contributed by atoms with Gasteiger partial charge in [-0.3, -0.25) is 9.47 Å². The van der Waals surface area contributed by atoms with E-state index in [1.54, 1.807) is 11.7 Å². The molecular formula is C22H29N3O3. The van der Waals surface area contributed by atoms with Gasteiger partial charge in [0.1, 0.15) is 5.75 Å². The molecule has 1 aromatic heterocycles. The maximum atomic E-state index is 10.4. The Labute approximate surface area is 166 Å². The molecule has 150 valence electrons. The predicted molar refractivity (Wildman–Crippen MR) is 111 cm³/mol. The zero-order chi connectivity index (χ0) is 19.5. The Hall–Kier alpha value is -2.60. The number of aromatic nitrogens is 1. The first-order valence-electron chi connectivity index (χ1n) is 10.1. The number of benzene rings is 1. The second-order valence-corrected chi connectivity index (χ2v) is 7.49. The highest BCUT2D eigenvalue weighted by atomic mass is 16.5. The molecular weight excluding hydrogens is 354 g/mol. The lowest BCUT2D eigenvalue weighted by Crippen LogP contribution is -2.46. The Morgan fingerprint density at radius 1 is 0.893 bits per heavy atom. The average Bonchev–Trinajstić information content (AvgIpc) is 2.99. The highest BCUT2D eigenvalue weighted by Crippen LogP contribution is 2.37. The number of allylic oxidation sites excluding steroid dienone is 2. The van der Waals surface area contributed by atoms with Gasteiger partial charge < -0.3 is 19.8 Å². The molecule has 0 spiro atoms. The van der Waals surface area contributed by atoms with Crippen molar-refractivity contribution in [2.75, 3.05) is 44.7 Å². The van der Waals surface area contributed by atoms with Crippen molar-refractivity contribution < 1.29 is 14.9 Å². The van der Waals surface area contributed by atoms with Crippen LogP contribution in [0, 0.1) is 0 Å². The fraction of sp³-hybridized carbons (Fsp3) is 0.455. The summed E-state index contributed by atoms with van der Waals surface area (Å²) in [5, 5.41) is 20.9. The van der Waals surface area contributed by atoms with Crippen LogP contribution in [0.1, 0.15) is 17.5 Å². The van der Waals surface area contributed by atoms with Crippen molar-refractivity contribution in [3.8, 4) is 17.5 Å². The minimum atomic E-state index is 0.234. The lowest BCUT2D eigenvalue weighted by atomic mass is 10.0. The Bertz CT molecular complexity index is 819. The predicted octanol–water partition coefficient (Wildman–Crippen LogP) is 2.78. The highest BCUT2D eigenvalue weighted by Gasteiger charge is 2.23. The van der Waals surface area contributed by atoms with Crippen molar-refractivity contribution >= 4 is 5.69 Å². The van der Waals surface area contributed by atoms with E-state index in [0.29, 0.717) is 19.4 Å². The third-order valence-electron chi connectivity index (χ3n) is 5.88. The van der Waals surface area contributed by atoms with Crippen LogP contribution < -0.4 is 9.64 Å². The first-order chi connectivity index (χ1) is 13.7. The summed E-state index contributed by atoms with van der Waals surface area (Å²) in [6.45, 7) is 5.54. The Morgan fingerprint density at radius 2 is 1.54 bits per heavy atom. The van der Waals surface area contributed by atoms with Gasteiger partial charge in [0, 0.05) is 43.9 Å². The first-order valence-corrected chi connectivity index (χ1v) is 10.1. The van der Waals surface area contributed by atoms with E-state index in [-0.39, 0.29) is 11.8 Å². The summed E-state index contributed by atoms with van der Waals surface area (Å²) < 4.78 is 7.16. The van der Waals surface area contributed by atoms with E-state index in [2.05, 4.69) is 21.9 Å². The number of nitrogens with zero attached hydrogens (tertiary/aromatic N) is 3. The molecule has 0 saturated carbocycles. The molecule has 2 N–H and O–H groups in total. The summed E-state index contributed by atoms with van der Waals surface area (Å²) in [4.78, 5) is 4.82. The largest absolute Gasteiger partial charge is 0.495 e. The lowest BCUT2D eigenvalue weighted by Gasteiger charge is -2.36. The summed E-state index contributed by atoms with van der Waals surface area (Å²) in [5.41, 5.74) is 2.92. The molecule has 2 aliphatic rings. The topological polar surface area (TPSA) is 61.1 Å². The molecule has 2 heterocycles. The number of ether oxygens (including phenoxy) is 1. The lowest BCUT2D eigenvalue weighted by molar-refractivity contribution is 0.245. The van der Waals surface area contributed by atoms with Crippen LogP contribution in [-0.4, -0.2) is 59.5 Å². The fourth-order valence-corrected chi connectivity index (χ4v) is 4.30. The van der Waals surface area contributed by atoms with E-state index in [1.807, 2.05) is 24.3 Å². The van der Waals surface area contributed by atoms with E-state index < -0.39 is 0 Å². The number of hydrogen-bond acceptors (Lipinski definition) is 5. The van der Waals surface area contributed by atoms with Gasteiger partial charge in [-0.15, -0.1) is 0 Å². The summed E-state index contributed by atoms with van der Waals surface area (Å²) in [5.74, 6) is 1.39. The average molecular weight is 383 g/mol. The number of rotatable bonds is 6. The zero-order valence-corrected chi connectivity index (χ0v) is 16.5. The molecule has 28 heavy (non-hydrogen) atoms. The van der Waals surface area contributed by atoms with Crippen LogP contribution in [0.25, 0.3) is 0 Å². The molecule has 0 unspecified atom stereocenters. The van der Waals surface area contributed by atoms with Crippen molar-refractivity contribution in [1.29, 1.82) is 0 Å². The number of para-hydroxylation sites is 2. The second-order valence-electron chi connectivity index (χ2n) is 7.49. The molecule has 1 aliphatic carbocycles. The molecule has 6 nitrogen and oxygen atoms in total. The van der Waals surface area contributed by atoms with E-state index in [4.69, 9.17) is 4.74 Å². The van der Waals surface area contributed by atoms with E-state index in [1.165, 1.54) is 0 Å². The third kappa shape index (κ3) is 3.56. The van der Waals surface area contributed by atoms with Crippen LogP contribution in [0.2, 0.25) is 0 Å². The maximum absolute atomic E-state index is 10.4. The zero-order valence-electron chi connectivity index (χ0n) is 16.5. The van der Waals surface area contributed by atoms with Gasteiger partial charge in [0.15, 0.2) is 11.8 Å². The van der Waals surface area contributed by atoms with E-state index in [0.717, 1.165) is 61.7 Å². The molecule has 1 aliphatic heterocycles. The number of anilines is 1. The van der Waals surface area contributed by atoms with Crippen LogP contribution in [0.15, 0.2) is 36.4 Å². The van der Waals surface area contributed by atoms with E-state index >= 15 is 0 Å². The number of piperazine rings is 1. The Balaban J connectivity index is 1.29. The minimum Gasteiger partial charge on any atom is -0.495 e. The molecule has 6 heteroatoms. The number of hydrogen-bond donors (Lipinski definition) is 2. The highest BCUT2D eigenvalue weighted by molar-refractivity contribution is 5.58. The molecule has 0 radical (unpaired) electrons. The molecule has 1 saturated heterocycles. The summed E-state index contributed by atoms with van der Waals surface area (Å²) in [6, 6.07) is 8.17. The number of aromatic hydroxyl groups is 2. The Kier molecular flexibility index (Phi) is 5.48. The van der Waals surface area contributed by atoms with Crippen LogP contribution >= 0.6 is 0 Å². The van der Waals surface area contributed by atoms with Gasteiger partial charge in [-0.1, -0.05) is 24.3 Å². The van der Waals surface area contributed by atoms with Crippen LogP contribution in [0.5, 0.6) is 17.5 Å². The smallest absolute Gasteiger partial charge is 0.197 e. The molecule has 1 aromatic carbocycles. The van der Waals surface area contributed by atoms with Crippen molar-refractivity contribution in [3.05, 3.63) is 47.5 Å². The SMILES string of the molecule is COc1ccccc1N1CCN(CCCn2c(O)c3c(c2O)CC=CC3)CC1. The van der Waals surface area contributed by atoms with Crippen molar-refractivity contribution in [1.82, 2.24) is 9.47 Å². The molecule has 1 fully saturated rings. The molecule has 0 amide bonds. The van der Waals surface area contributed by atoms with Crippen molar-refractivity contribution in [2.24, 2.45) is 0 Å². The number of methoxy groups -OCH3 is 1. The summed E-state index contributed by atoms with van der Waals surface area (Å²) >= 11 is 0. The molecule has 4 rings (SSSR count). The van der Waals surface area contributed by atoms with E-state index in [9.17, 15) is 10.2 Å². The maximum Gasteiger partial charge on any atom is 0.197 e. The van der Waals surface area contributed by atoms with Gasteiger partial charge in [-0.05, 0) is 37.9 Å².